The third-order valence-corrected chi connectivity index (χ3v) is 10.8. The second kappa shape index (κ2) is 17.0. The number of nitrogens with one attached hydrogen (secondary N) is 2. The fourth-order valence-corrected chi connectivity index (χ4v) is 7.46. The van der Waals surface area contributed by atoms with Crippen LogP contribution in [0, 0.1) is 5.92 Å². The van der Waals surface area contributed by atoms with Gasteiger partial charge in [-0.1, -0.05) is 80.9 Å². The Kier molecular flexibility index (Phi) is 12.0. The van der Waals surface area contributed by atoms with Gasteiger partial charge in [0.1, 0.15) is 30.2 Å². The number of rotatable bonds is 6. The molecule has 14 heteroatoms. The summed E-state index contributed by atoms with van der Waals surface area (Å²) in [6.45, 7) is 3.99. The number of carbonyl (C=O) groups is 6. The highest BCUT2D eigenvalue weighted by molar-refractivity contribution is 6.00. The Morgan fingerprint density at radius 3 is 2.13 bits per heavy atom. The van der Waals surface area contributed by atoms with Crippen molar-refractivity contribution in [1.29, 1.82) is 0 Å². The van der Waals surface area contributed by atoms with Crippen molar-refractivity contribution >= 4 is 47.9 Å². The minimum atomic E-state index is -1.22. The molecule has 284 valence electrons. The maximum Gasteiger partial charge on any atom is 0.268 e. The standard InChI is InChI=1S/C40H48N8O6/c1-4-26(2)34-40(54)48-32(19-12-22-42-48)39(53)47-31(18-11-21-41-47)37(51)45(3)33(25-28-16-9-6-10-17-28)38(52)46-23-13-20-30(46)36(50)43-29(35(49)44-34)24-27-14-7-5-8-15-27/h5-11,14-18,21-22,26,29-34H,4,12-13,19-20,23-25H2,1-3H3,(H,43,50)(H,44,49)/t26-,29-,30+,31+,32-,33-,34+/m1/s1. The molecule has 0 aromatic heterocycles. The Morgan fingerprint density at radius 2 is 1.44 bits per heavy atom. The van der Waals surface area contributed by atoms with Gasteiger partial charge >= 0.3 is 0 Å². The Balaban J connectivity index is 1.44. The summed E-state index contributed by atoms with van der Waals surface area (Å²) >= 11 is 0. The summed E-state index contributed by atoms with van der Waals surface area (Å²) in [6, 6.07) is 12.0. The van der Waals surface area contributed by atoms with Gasteiger partial charge in [0.25, 0.3) is 17.7 Å². The highest BCUT2D eigenvalue weighted by Gasteiger charge is 2.46. The van der Waals surface area contributed by atoms with Gasteiger partial charge < -0.3 is 20.4 Å². The molecule has 6 amide bonds. The molecule has 0 radical (unpaired) electrons. The summed E-state index contributed by atoms with van der Waals surface area (Å²) in [4.78, 5) is 89.3. The monoisotopic (exact) mass is 736 g/mol. The lowest BCUT2D eigenvalue weighted by molar-refractivity contribution is -0.155. The Hall–Kier alpha value is -5.66. The zero-order valence-electron chi connectivity index (χ0n) is 30.9. The van der Waals surface area contributed by atoms with Crippen LogP contribution in [0.2, 0.25) is 0 Å². The van der Waals surface area contributed by atoms with Crippen molar-refractivity contribution in [2.24, 2.45) is 16.1 Å². The van der Waals surface area contributed by atoms with Crippen molar-refractivity contribution in [2.75, 3.05) is 13.6 Å². The van der Waals surface area contributed by atoms with Crippen molar-refractivity contribution in [1.82, 2.24) is 30.5 Å². The molecule has 2 saturated heterocycles. The molecule has 4 aliphatic rings. The van der Waals surface area contributed by atoms with Crippen LogP contribution in [0.15, 0.2) is 83.0 Å². The molecule has 2 aromatic carbocycles. The quantitative estimate of drug-likeness (QED) is 0.461. The van der Waals surface area contributed by atoms with Crippen molar-refractivity contribution < 1.29 is 28.8 Å². The van der Waals surface area contributed by atoms with Gasteiger partial charge in [-0.2, -0.15) is 10.2 Å². The van der Waals surface area contributed by atoms with Crippen molar-refractivity contribution in [2.45, 2.75) is 95.0 Å². The summed E-state index contributed by atoms with van der Waals surface area (Å²) in [7, 11) is 1.52. The highest BCUT2D eigenvalue weighted by atomic mass is 16.2. The summed E-state index contributed by atoms with van der Waals surface area (Å²) < 4.78 is 0. The molecular formula is C40H48N8O6. The van der Waals surface area contributed by atoms with Crippen LogP contribution in [-0.2, 0) is 41.6 Å². The molecule has 2 fully saturated rings. The van der Waals surface area contributed by atoms with Gasteiger partial charge in [-0.15, -0.1) is 0 Å². The molecule has 4 heterocycles. The largest absolute Gasteiger partial charge is 0.342 e. The first kappa shape index (κ1) is 38.1. The second-order valence-electron chi connectivity index (χ2n) is 14.3. The number of hydrazone groups is 2. The molecule has 0 spiro atoms. The van der Waals surface area contributed by atoms with E-state index in [0.29, 0.717) is 25.7 Å². The SMILES string of the molecule is CC[C@@H](C)[C@@H]1NC(=O)[C@@H](Cc2ccccc2)NC(=O)[C@@H]2CCCN2C(=O)[C@@H](Cc2ccccc2)N(C)C(=O)[C@@H]2C=CC=NN2C(=O)[C@H]2CCC=NN2C1=O. The first-order chi connectivity index (χ1) is 26.1. The van der Waals surface area contributed by atoms with Crippen LogP contribution in [0.25, 0.3) is 0 Å². The van der Waals surface area contributed by atoms with Crippen LogP contribution < -0.4 is 10.6 Å². The average molecular weight is 737 g/mol. The van der Waals surface area contributed by atoms with Crippen LogP contribution in [-0.4, -0.2) is 118 Å². The number of benzene rings is 2. The minimum absolute atomic E-state index is 0.124. The fraction of sp³-hybridized carbons (Fsp3) is 0.450. The summed E-state index contributed by atoms with van der Waals surface area (Å²) in [5.74, 6) is -3.65. The average Bonchev–Trinajstić information content (AvgIpc) is 3.71. The predicted octanol–water partition coefficient (Wildman–Crippen LogP) is 2.05. The van der Waals surface area contributed by atoms with Crippen molar-refractivity contribution in [3.05, 3.63) is 83.9 Å². The number of likely N-dealkylation sites (N-methyl/N-ethyl adjacent to an activating group) is 1. The van der Waals surface area contributed by atoms with E-state index in [-0.39, 0.29) is 31.7 Å². The smallest absolute Gasteiger partial charge is 0.268 e. The van der Waals surface area contributed by atoms with E-state index < -0.39 is 71.7 Å². The summed E-state index contributed by atoms with van der Waals surface area (Å²) in [6.07, 6.45) is 8.31. The number of hydrogen-bond donors (Lipinski definition) is 2. The summed E-state index contributed by atoms with van der Waals surface area (Å²) in [5, 5.41) is 16.6. The molecule has 0 aliphatic carbocycles. The topological polar surface area (TPSA) is 164 Å². The lowest BCUT2D eigenvalue weighted by atomic mass is 9.95. The van der Waals surface area contributed by atoms with E-state index in [2.05, 4.69) is 20.8 Å². The van der Waals surface area contributed by atoms with Crippen LogP contribution in [0.5, 0.6) is 0 Å². The third-order valence-electron chi connectivity index (χ3n) is 10.8. The lowest BCUT2D eigenvalue weighted by Gasteiger charge is -2.39. The van der Waals surface area contributed by atoms with E-state index in [1.54, 1.807) is 12.3 Å². The maximum absolute atomic E-state index is 14.6. The molecule has 14 nitrogen and oxygen atoms in total. The van der Waals surface area contributed by atoms with Crippen molar-refractivity contribution in [3.63, 3.8) is 0 Å². The normalized spacial score (nSPS) is 27.5. The Bertz CT molecular complexity index is 1820. The van der Waals surface area contributed by atoms with Gasteiger partial charge in [-0.3, -0.25) is 28.8 Å². The number of fused-ring (bicyclic) bond motifs is 3. The molecule has 4 aliphatic heterocycles. The first-order valence-corrected chi connectivity index (χ1v) is 18.7. The molecule has 54 heavy (non-hydrogen) atoms. The molecule has 0 saturated carbocycles. The Labute approximate surface area is 315 Å². The van der Waals surface area contributed by atoms with E-state index in [0.717, 1.165) is 21.1 Å². The van der Waals surface area contributed by atoms with Gasteiger partial charge in [-0.25, -0.2) is 10.0 Å². The number of hydrogen-bond acceptors (Lipinski definition) is 8. The Morgan fingerprint density at radius 1 is 0.759 bits per heavy atom. The van der Waals surface area contributed by atoms with Crippen LogP contribution in [0.4, 0.5) is 0 Å². The maximum atomic E-state index is 14.6. The van der Waals surface area contributed by atoms with Gasteiger partial charge in [0, 0.05) is 38.9 Å². The van der Waals surface area contributed by atoms with E-state index in [4.69, 9.17) is 0 Å². The molecule has 2 aromatic rings. The van der Waals surface area contributed by atoms with Gasteiger partial charge in [0.15, 0.2) is 6.04 Å². The second-order valence-corrected chi connectivity index (χ2v) is 14.3. The lowest BCUT2D eigenvalue weighted by Crippen LogP contribution is -2.62. The van der Waals surface area contributed by atoms with Gasteiger partial charge in [-0.05, 0) is 54.9 Å². The zero-order chi connectivity index (χ0) is 38.4. The zero-order valence-corrected chi connectivity index (χ0v) is 30.9. The molecule has 2 N–H and O–H groups in total. The number of carbonyl (C=O) groups excluding carboxylic acids is 6. The van der Waals surface area contributed by atoms with Crippen molar-refractivity contribution in [3.8, 4) is 0 Å². The predicted molar refractivity (Wildman–Crippen MR) is 202 cm³/mol. The van der Waals surface area contributed by atoms with E-state index in [9.17, 15) is 28.8 Å². The number of allylic oxidation sites excluding steroid dienone is 1. The third kappa shape index (κ3) is 8.12. The number of amides is 6. The van der Waals surface area contributed by atoms with Crippen LogP contribution >= 0.6 is 0 Å². The molecule has 6 rings (SSSR count). The molecule has 7 atom stereocenters. The van der Waals surface area contributed by atoms with Gasteiger partial charge in [0.05, 0.1) is 0 Å². The van der Waals surface area contributed by atoms with E-state index >= 15 is 0 Å². The molecular weight excluding hydrogens is 688 g/mol. The minimum Gasteiger partial charge on any atom is -0.342 e. The summed E-state index contributed by atoms with van der Waals surface area (Å²) in [5.41, 5.74) is 1.58. The van der Waals surface area contributed by atoms with Crippen LogP contribution in [0.1, 0.15) is 57.1 Å². The van der Waals surface area contributed by atoms with Crippen LogP contribution in [0.3, 0.4) is 0 Å². The highest BCUT2D eigenvalue weighted by Crippen LogP contribution is 2.26. The number of nitrogens with zero attached hydrogens (tertiary/aromatic N) is 6. The first-order valence-electron chi connectivity index (χ1n) is 18.7. The fourth-order valence-electron chi connectivity index (χ4n) is 7.46. The molecule has 0 bridgehead atoms. The van der Waals surface area contributed by atoms with E-state index in [1.807, 2.05) is 74.5 Å². The van der Waals surface area contributed by atoms with Gasteiger partial charge in [0.2, 0.25) is 17.7 Å². The molecule has 0 unspecified atom stereocenters. The van der Waals surface area contributed by atoms with E-state index in [1.165, 1.54) is 29.1 Å².